The first kappa shape index (κ1) is 14.5. The summed E-state index contributed by atoms with van der Waals surface area (Å²) in [5.41, 5.74) is 1.53. The van der Waals surface area contributed by atoms with Crippen LogP contribution in [0.3, 0.4) is 0 Å². The summed E-state index contributed by atoms with van der Waals surface area (Å²) in [5, 5.41) is 8.73. The Bertz CT molecular complexity index is 482. The molecule has 1 fully saturated rings. The Kier molecular flexibility index (Phi) is 5.12. The van der Waals surface area contributed by atoms with E-state index in [4.69, 9.17) is 0 Å². The highest BCUT2D eigenvalue weighted by Crippen LogP contribution is 2.08. The highest BCUT2D eigenvalue weighted by Gasteiger charge is 2.19. The van der Waals surface area contributed by atoms with Gasteiger partial charge in [0.25, 0.3) is 5.91 Å². The molecule has 0 aromatic heterocycles. The molecule has 0 aliphatic carbocycles. The van der Waals surface area contributed by atoms with E-state index >= 15 is 0 Å². The monoisotopic (exact) mass is 275 g/mol. The molecule has 2 amide bonds. The predicted molar refractivity (Wildman–Crippen MR) is 77.3 cm³/mol. The Labute approximate surface area is 119 Å². The Morgan fingerprint density at radius 3 is 2.90 bits per heavy atom. The molecule has 1 aromatic carbocycles. The fraction of sp³-hybridized carbons (Fsp3) is 0.467. The summed E-state index contributed by atoms with van der Waals surface area (Å²) < 4.78 is 0. The van der Waals surface area contributed by atoms with Gasteiger partial charge >= 0.3 is 0 Å². The van der Waals surface area contributed by atoms with Gasteiger partial charge in [-0.1, -0.05) is 18.6 Å². The lowest BCUT2D eigenvalue weighted by Crippen LogP contribution is -2.46. The van der Waals surface area contributed by atoms with Crippen molar-refractivity contribution in [1.82, 2.24) is 16.0 Å². The number of rotatable bonds is 4. The van der Waals surface area contributed by atoms with E-state index in [1.54, 1.807) is 19.2 Å². The summed E-state index contributed by atoms with van der Waals surface area (Å²) in [5.74, 6) is -0.0813. The molecule has 1 unspecified atom stereocenters. The normalized spacial score (nSPS) is 18.4. The van der Waals surface area contributed by atoms with E-state index in [-0.39, 0.29) is 17.9 Å². The minimum absolute atomic E-state index is 0.0371. The zero-order valence-electron chi connectivity index (χ0n) is 11.7. The summed E-state index contributed by atoms with van der Waals surface area (Å²) in [4.78, 5) is 23.5. The van der Waals surface area contributed by atoms with E-state index in [1.165, 1.54) is 0 Å². The van der Waals surface area contributed by atoms with Crippen molar-refractivity contribution < 1.29 is 9.59 Å². The summed E-state index contributed by atoms with van der Waals surface area (Å²) in [6.07, 6.45) is 3.12. The van der Waals surface area contributed by atoms with E-state index in [0.29, 0.717) is 12.1 Å². The number of hydrogen-bond acceptors (Lipinski definition) is 3. The maximum Gasteiger partial charge on any atom is 0.251 e. The van der Waals surface area contributed by atoms with E-state index in [9.17, 15) is 9.59 Å². The van der Waals surface area contributed by atoms with Crippen molar-refractivity contribution in [1.29, 1.82) is 0 Å². The van der Waals surface area contributed by atoms with Crippen molar-refractivity contribution in [3.8, 4) is 0 Å². The largest absolute Gasteiger partial charge is 0.355 e. The molecule has 2 rings (SSSR count). The number of benzene rings is 1. The minimum Gasteiger partial charge on any atom is -0.355 e. The van der Waals surface area contributed by atoms with Gasteiger partial charge in [0.15, 0.2) is 0 Å². The van der Waals surface area contributed by atoms with Gasteiger partial charge in [-0.15, -0.1) is 0 Å². The molecule has 108 valence electrons. The fourth-order valence-electron chi connectivity index (χ4n) is 2.35. The molecular weight excluding hydrogens is 254 g/mol. The Morgan fingerprint density at radius 1 is 1.35 bits per heavy atom. The number of hydrogen-bond donors (Lipinski definition) is 3. The van der Waals surface area contributed by atoms with Crippen LogP contribution in [0.4, 0.5) is 0 Å². The molecule has 1 aliphatic heterocycles. The van der Waals surface area contributed by atoms with Crippen LogP contribution in [0.25, 0.3) is 0 Å². The van der Waals surface area contributed by atoms with Gasteiger partial charge in [0.1, 0.15) is 0 Å². The summed E-state index contributed by atoms with van der Waals surface area (Å²) in [6.45, 7) is 1.35. The van der Waals surface area contributed by atoms with Crippen LogP contribution in [0.2, 0.25) is 0 Å². The highest BCUT2D eigenvalue weighted by atomic mass is 16.2. The van der Waals surface area contributed by atoms with Crippen LogP contribution in [-0.2, 0) is 11.3 Å². The zero-order valence-corrected chi connectivity index (χ0v) is 11.7. The molecule has 5 heteroatoms. The van der Waals surface area contributed by atoms with Gasteiger partial charge in [-0.25, -0.2) is 0 Å². The molecule has 1 aliphatic rings. The highest BCUT2D eigenvalue weighted by molar-refractivity contribution is 5.94. The molecule has 1 atom stereocenters. The van der Waals surface area contributed by atoms with Crippen molar-refractivity contribution in [2.24, 2.45) is 0 Å². The number of nitrogens with one attached hydrogen (secondary N) is 3. The molecule has 1 heterocycles. The molecular formula is C15H21N3O2. The number of piperidine rings is 1. The number of amides is 2. The average molecular weight is 275 g/mol. The van der Waals surface area contributed by atoms with Crippen molar-refractivity contribution >= 4 is 11.8 Å². The van der Waals surface area contributed by atoms with Crippen LogP contribution in [0.5, 0.6) is 0 Å². The van der Waals surface area contributed by atoms with E-state index in [2.05, 4.69) is 16.0 Å². The average Bonchev–Trinajstić information content (AvgIpc) is 2.53. The minimum atomic E-state index is -0.118. The van der Waals surface area contributed by atoms with Crippen molar-refractivity contribution in [3.63, 3.8) is 0 Å². The van der Waals surface area contributed by atoms with Crippen LogP contribution in [-0.4, -0.2) is 31.4 Å². The van der Waals surface area contributed by atoms with E-state index in [1.807, 2.05) is 12.1 Å². The lowest BCUT2D eigenvalue weighted by molar-refractivity contribution is -0.123. The second-order valence-corrected chi connectivity index (χ2v) is 5.00. The number of carbonyl (C=O) groups is 2. The molecule has 1 saturated heterocycles. The van der Waals surface area contributed by atoms with Crippen molar-refractivity contribution in [3.05, 3.63) is 35.4 Å². The van der Waals surface area contributed by atoms with Gasteiger partial charge in [0.05, 0.1) is 6.04 Å². The van der Waals surface area contributed by atoms with Gasteiger partial charge in [0, 0.05) is 19.2 Å². The molecule has 1 aromatic rings. The summed E-state index contributed by atoms with van der Waals surface area (Å²) in [6, 6.07) is 7.21. The molecule has 5 nitrogen and oxygen atoms in total. The van der Waals surface area contributed by atoms with Crippen LogP contribution >= 0.6 is 0 Å². The predicted octanol–water partition coefficient (Wildman–Crippen LogP) is 0.804. The molecule has 0 bridgehead atoms. The van der Waals surface area contributed by atoms with E-state index < -0.39 is 0 Å². The van der Waals surface area contributed by atoms with E-state index in [0.717, 1.165) is 31.4 Å². The van der Waals surface area contributed by atoms with Crippen molar-refractivity contribution in [2.75, 3.05) is 13.6 Å². The quantitative estimate of drug-likeness (QED) is 0.761. The SMILES string of the molecule is CNC(=O)c1cccc(CNC(=O)C2CCCCN2)c1. The second-order valence-electron chi connectivity index (χ2n) is 5.00. The van der Waals surface area contributed by atoms with Crippen LogP contribution in [0, 0.1) is 0 Å². The molecule has 0 spiro atoms. The molecule has 0 saturated carbocycles. The van der Waals surface area contributed by atoms with Gasteiger partial charge in [-0.3, -0.25) is 9.59 Å². The Morgan fingerprint density at radius 2 is 2.20 bits per heavy atom. The first-order chi connectivity index (χ1) is 9.70. The fourth-order valence-corrected chi connectivity index (χ4v) is 2.35. The lowest BCUT2D eigenvalue weighted by Gasteiger charge is -2.22. The molecule has 0 radical (unpaired) electrons. The molecule has 20 heavy (non-hydrogen) atoms. The third-order valence-electron chi connectivity index (χ3n) is 3.51. The summed E-state index contributed by atoms with van der Waals surface area (Å²) in [7, 11) is 1.60. The first-order valence-corrected chi connectivity index (χ1v) is 7.03. The van der Waals surface area contributed by atoms with Crippen LogP contribution in [0.15, 0.2) is 24.3 Å². The smallest absolute Gasteiger partial charge is 0.251 e. The van der Waals surface area contributed by atoms with Gasteiger partial charge in [-0.05, 0) is 37.1 Å². The van der Waals surface area contributed by atoms with Crippen LogP contribution in [0.1, 0.15) is 35.2 Å². The molecule has 3 N–H and O–H groups in total. The standard InChI is InChI=1S/C15H21N3O2/c1-16-14(19)12-6-4-5-11(9-12)10-18-15(20)13-7-2-3-8-17-13/h4-6,9,13,17H,2-3,7-8,10H2,1H3,(H,16,19)(H,18,20). The van der Waals surface area contributed by atoms with Gasteiger partial charge in [0.2, 0.25) is 5.91 Å². The van der Waals surface area contributed by atoms with Crippen molar-refractivity contribution in [2.45, 2.75) is 31.8 Å². The third kappa shape index (κ3) is 3.81. The first-order valence-electron chi connectivity index (χ1n) is 7.03. The Balaban J connectivity index is 1.90. The maximum atomic E-state index is 12.0. The lowest BCUT2D eigenvalue weighted by atomic mass is 10.0. The maximum absolute atomic E-state index is 12.0. The second kappa shape index (κ2) is 7.05. The van der Waals surface area contributed by atoms with Gasteiger partial charge < -0.3 is 16.0 Å². The topological polar surface area (TPSA) is 70.2 Å². The zero-order chi connectivity index (χ0) is 14.4. The summed E-state index contributed by atoms with van der Waals surface area (Å²) >= 11 is 0. The third-order valence-corrected chi connectivity index (χ3v) is 3.51. The van der Waals surface area contributed by atoms with Crippen LogP contribution < -0.4 is 16.0 Å². The Hall–Kier alpha value is -1.88. The van der Waals surface area contributed by atoms with Gasteiger partial charge in [-0.2, -0.15) is 0 Å². The number of carbonyl (C=O) groups excluding carboxylic acids is 2.